The summed E-state index contributed by atoms with van der Waals surface area (Å²) in [7, 11) is 1.60. The standard InChI is InChI=1S/C18H16O2/c1-3-18(19,14-13-15-7-5-4-6-8-15)16-9-11-17(20-2)12-10-16/h3-12,19H,1H2,2H3. The van der Waals surface area contributed by atoms with Gasteiger partial charge in [-0.25, -0.2) is 0 Å². The fourth-order valence-electron chi connectivity index (χ4n) is 1.78. The Morgan fingerprint density at radius 3 is 2.30 bits per heavy atom. The number of methoxy groups -OCH3 is 1. The van der Waals surface area contributed by atoms with E-state index in [0.717, 1.165) is 11.3 Å². The minimum atomic E-state index is -1.37. The highest BCUT2D eigenvalue weighted by molar-refractivity contribution is 5.43. The minimum absolute atomic E-state index is 0.664. The Balaban J connectivity index is 2.33. The van der Waals surface area contributed by atoms with E-state index in [2.05, 4.69) is 18.4 Å². The maximum Gasteiger partial charge on any atom is 0.169 e. The molecule has 2 rings (SSSR count). The van der Waals surface area contributed by atoms with Crippen LogP contribution in [0.1, 0.15) is 11.1 Å². The van der Waals surface area contributed by atoms with Crippen LogP contribution in [0.2, 0.25) is 0 Å². The van der Waals surface area contributed by atoms with Gasteiger partial charge in [-0.05, 0) is 30.3 Å². The van der Waals surface area contributed by atoms with Crippen molar-refractivity contribution in [1.29, 1.82) is 0 Å². The molecule has 0 saturated heterocycles. The van der Waals surface area contributed by atoms with Crippen LogP contribution in [0.4, 0.5) is 0 Å². The first-order valence-electron chi connectivity index (χ1n) is 6.26. The highest BCUT2D eigenvalue weighted by Crippen LogP contribution is 2.24. The molecule has 0 aliphatic carbocycles. The maximum absolute atomic E-state index is 10.6. The molecule has 0 aliphatic rings. The van der Waals surface area contributed by atoms with Crippen molar-refractivity contribution in [3.8, 4) is 17.6 Å². The largest absolute Gasteiger partial charge is 0.497 e. The second-order valence-electron chi connectivity index (χ2n) is 4.32. The quantitative estimate of drug-likeness (QED) is 0.682. The van der Waals surface area contributed by atoms with Crippen molar-refractivity contribution in [2.24, 2.45) is 0 Å². The van der Waals surface area contributed by atoms with Crippen LogP contribution >= 0.6 is 0 Å². The lowest BCUT2D eigenvalue weighted by molar-refractivity contribution is 0.154. The molecule has 1 unspecified atom stereocenters. The maximum atomic E-state index is 10.6. The van der Waals surface area contributed by atoms with E-state index in [1.807, 2.05) is 30.3 Å². The molecular weight excluding hydrogens is 248 g/mol. The molecule has 0 fully saturated rings. The lowest BCUT2D eigenvalue weighted by Gasteiger charge is -2.18. The predicted octanol–water partition coefficient (Wildman–Crippen LogP) is 3.12. The molecule has 2 aromatic carbocycles. The third kappa shape index (κ3) is 3.09. The summed E-state index contributed by atoms with van der Waals surface area (Å²) in [6.45, 7) is 3.68. The van der Waals surface area contributed by atoms with Gasteiger partial charge in [-0.3, -0.25) is 0 Å². The van der Waals surface area contributed by atoms with Crippen molar-refractivity contribution >= 4 is 0 Å². The summed E-state index contributed by atoms with van der Waals surface area (Å²) >= 11 is 0. The predicted molar refractivity (Wildman–Crippen MR) is 80.4 cm³/mol. The van der Waals surface area contributed by atoms with Crippen LogP contribution in [0.5, 0.6) is 5.75 Å². The average Bonchev–Trinajstić information content (AvgIpc) is 2.53. The average molecular weight is 264 g/mol. The van der Waals surface area contributed by atoms with Crippen LogP contribution < -0.4 is 4.74 Å². The molecular formula is C18H16O2. The van der Waals surface area contributed by atoms with Crippen LogP contribution in [0.15, 0.2) is 67.3 Å². The summed E-state index contributed by atoms with van der Waals surface area (Å²) in [6.07, 6.45) is 1.44. The van der Waals surface area contributed by atoms with Crippen LogP contribution in [-0.4, -0.2) is 12.2 Å². The van der Waals surface area contributed by atoms with Crippen LogP contribution in [0.25, 0.3) is 0 Å². The second kappa shape index (κ2) is 6.10. The molecule has 0 aromatic heterocycles. The monoisotopic (exact) mass is 264 g/mol. The van der Waals surface area contributed by atoms with Gasteiger partial charge in [0.05, 0.1) is 7.11 Å². The Hall–Kier alpha value is -2.50. The molecule has 2 nitrogen and oxygen atoms in total. The van der Waals surface area contributed by atoms with Gasteiger partial charge >= 0.3 is 0 Å². The molecule has 0 heterocycles. The first-order valence-corrected chi connectivity index (χ1v) is 6.26. The molecule has 2 aromatic rings. The van der Waals surface area contributed by atoms with Gasteiger partial charge in [0.15, 0.2) is 5.60 Å². The van der Waals surface area contributed by atoms with Crippen molar-refractivity contribution in [1.82, 2.24) is 0 Å². The summed E-state index contributed by atoms with van der Waals surface area (Å²) in [5.41, 5.74) is 0.139. The molecule has 0 radical (unpaired) electrons. The molecule has 0 amide bonds. The first-order chi connectivity index (χ1) is 9.68. The summed E-state index contributed by atoms with van der Waals surface area (Å²) in [6, 6.07) is 16.7. The molecule has 1 N–H and O–H groups in total. The smallest absolute Gasteiger partial charge is 0.169 e. The van der Waals surface area contributed by atoms with Gasteiger partial charge in [0.1, 0.15) is 5.75 Å². The van der Waals surface area contributed by atoms with Crippen LogP contribution in [-0.2, 0) is 5.60 Å². The molecule has 0 saturated carbocycles. The Morgan fingerprint density at radius 2 is 1.75 bits per heavy atom. The van der Waals surface area contributed by atoms with Crippen LogP contribution in [0, 0.1) is 11.8 Å². The van der Waals surface area contributed by atoms with Gasteiger partial charge in [0, 0.05) is 11.1 Å². The van der Waals surface area contributed by atoms with Gasteiger partial charge in [-0.1, -0.05) is 48.8 Å². The van der Waals surface area contributed by atoms with E-state index in [-0.39, 0.29) is 0 Å². The number of rotatable bonds is 3. The van der Waals surface area contributed by atoms with Crippen molar-refractivity contribution in [3.63, 3.8) is 0 Å². The van der Waals surface area contributed by atoms with E-state index in [1.165, 1.54) is 6.08 Å². The number of hydrogen-bond acceptors (Lipinski definition) is 2. The van der Waals surface area contributed by atoms with Crippen molar-refractivity contribution in [2.45, 2.75) is 5.60 Å². The highest BCUT2D eigenvalue weighted by Gasteiger charge is 2.22. The van der Waals surface area contributed by atoms with Gasteiger partial charge in [0.25, 0.3) is 0 Å². The zero-order chi connectivity index (χ0) is 14.4. The summed E-state index contributed by atoms with van der Waals surface area (Å²) in [4.78, 5) is 0. The van der Waals surface area contributed by atoms with E-state index < -0.39 is 5.60 Å². The van der Waals surface area contributed by atoms with Gasteiger partial charge in [-0.2, -0.15) is 0 Å². The molecule has 2 heteroatoms. The first kappa shape index (κ1) is 13.9. The Labute approximate surface area is 119 Å². The van der Waals surface area contributed by atoms with Crippen molar-refractivity contribution in [2.75, 3.05) is 7.11 Å². The zero-order valence-electron chi connectivity index (χ0n) is 11.3. The highest BCUT2D eigenvalue weighted by atomic mass is 16.5. The fourth-order valence-corrected chi connectivity index (χ4v) is 1.78. The second-order valence-corrected chi connectivity index (χ2v) is 4.32. The molecule has 0 spiro atoms. The van der Waals surface area contributed by atoms with E-state index in [9.17, 15) is 5.11 Å². The van der Waals surface area contributed by atoms with Gasteiger partial charge in [0.2, 0.25) is 0 Å². The topological polar surface area (TPSA) is 29.5 Å². The molecule has 20 heavy (non-hydrogen) atoms. The number of hydrogen-bond donors (Lipinski definition) is 1. The van der Waals surface area contributed by atoms with Crippen molar-refractivity contribution in [3.05, 3.63) is 78.4 Å². The summed E-state index contributed by atoms with van der Waals surface area (Å²) < 4.78 is 5.10. The normalized spacial score (nSPS) is 12.7. The SMILES string of the molecule is C=CC(O)(C#Cc1ccccc1)c1ccc(OC)cc1. The van der Waals surface area contributed by atoms with E-state index in [0.29, 0.717) is 5.56 Å². The lowest BCUT2D eigenvalue weighted by atomic mass is 9.94. The molecule has 100 valence electrons. The minimum Gasteiger partial charge on any atom is -0.497 e. The Kier molecular flexibility index (Phi) is 4.24. The number of benzene rings is 2. The molecule has 0 aliphatic heterocycles. The third-order valence-electron chi connectivity index (χ3n) is 3.00. The summed E-state index contributed by atoms with van der Waals surface area (Å²) in [5.74, 6) is 6.56. The lowest BCUT2D eigenvalue weighted by Crippen LogP contribution is -2.20. The third-order valence-corrected chi connectivity index (χ3v) is 3.00. The Bertz CT molecular complexity index is 633. The van der Waals surface area contributed by atoms with Gasteiger partial charge < -0.3 is 9.84 Å². The number of aliphatic hydroxyl groups is 1. The zero-order valence-corrected chi connectivity index (χ0v) is 11.3. The summed E-state index contributed by atoms with van der Waals surface area (Å²) in [5, 5.41) is 10.6. The van der Waals surface area contributed by atoms with E-state index >= 15 is 0 Å². The van der Waals surface area contributed by atoms with Crippen LogP contribution in [0.3, 0.4) is 0 Å². The molecule has 1 atom stereocenters. The molecule has 0 bridgehead atoms. The van der Waals surface area contributed by atoms with Crippen molar-refractivity contribution < 1.29 is 9.84 Å². The van der Waals surface area contributed by atoms with Gasteiger partial charge in [-0.15, -0.1) is 0 Å². The van der Waals surface area contributed by atoms with E-state index in [4.69, 9.17) is 4.74 Å². The Morgan fingerprint density at radius 1 is 1.10 bits per heavy atom. The van der Waals surface area contributed by atoms with E-state index in [1.54, 1.807) is 31.4 Å². The fraction of sp³-hybridized carbons (Fsp3) is 0.111. The number of ether oxygens (including phenoxy) is 1.